The third-order valence-electron chi connectivity index (χ3n) is 2.15. The number of benzene rings is 1. The Morgan fingerprint density at radius 2 is 2.19 bits per heavy atom. The van der Waals surface area contributed by atoms with Crippen molar-refractivity contribution in [1.82, 2.24) is 0 Å². The van der Waals surface area contributed by atoms with E-state index in [9.17, 15) is 4.79 Å². The van der Waals surface area contributed by atoms with Gasteiger partial charge in [0.1, 0.15) is 0 Å². The molecule has 16 heavy (non-hydrogen) atoms. The Morgan fingerprint density at radius 1 is 1.38 bits per heavy atom. The Morgan fingerprint density at radius 3 is 2.81 bits per heavy atom. The Kier molecular flexibility index (Phi) is 2.97. The van der Waals surface area contributed by atoms with E-state index in [1.807, 2.05) is 6.92 Å². The first-order valence-electron chi connectivity index (χ1n) is 4.78. The van der Waals surface area contributed by atoms with E-state index in [1.165, 1.54) is 6.26 Å². The van der Waals surface area contributed by atoms with Gasteiger partial charge >= 0.3 is 0 Å². The Bertz CT molecular complexity index is 519. The standard InChI is InChI=1S/C12H10ClNO2/c1-8-5-6-16-11(8)12(15)14-10-4-2-3-9(13)7-10/h2-7H,1H3,(H,14,15). The lowest BCUT2D eigenvalue weighted by Gasteiger charge is -2.03. The first-order valence-corrected chi connectivity index (χ1v) is 5.15. The van der Waals surface area contributed by atoms with Crippen molar-refractivity contribution in [3.05, 3.63) is 52.9 Å². The molecule has 1 N–H and O–H groups in total. The predicted molar refractivity (Wildman–Crippen MR) is 62.9 cm³/mol. The van der Waals surface area contributed by atoms with Crippen LogP contribution >= 0.6 is 11.6 Å². The second kappa shape index (κ2) is 4.41. The van der Waals surface area contributed by atoms with Crippen LogP contribution in [-0.4, -0.2) is 5.91 Å². The van der Waals surface area contributed by atoms with E-state index in [0.29, 0.717) is 16.5 Å². The van der Waals surface area contributed by atoms with Crippen molar-refractivity contribution < 1.29 is 9.21 Å². The first-order chi connectivity index (χ1) is 7.66. The highest BCUT2D eigenvalue weighted by molar-refractivity contribution is 6.30. The van der Waals surface area contributed by atoms with E-state index in [-0.39, 0.29) is 5.91 Å². The molecule has 1 aromatic carbocycles. The van der Waals surface area contributed by atoms with Crippen LogP contribution < -0.4 is 5.32 Å². The molecule has 0 spiro atoms. The number of carbonyl (C=O) groups is 1. The highest BCUT2D eigenvalue weighted by Crippen LogP contribution is 2.17. The van der Waals surface area contributed by atoms with Crippen molar-refractivity contribution >= 4 is 23.2 Å². The van der Waals surface area contributed by atoms with Gasteiger partial charge in [0.15, 0.2) is 5.76 Å². The second-order valence-corrected chi connectivity index (χ2v) is 3.83. The number of halogens is 1. The van der Waals surface area contributed by atoms with Gasteiger partial charge in [-0.1, -0.05) is 17.7 Å². The quantitative estimate of drug-likeness (QED) is 0.866. The minimum Gasteiger partial charge on any atom is -0.459 e. The molecular weight excluding hydrogens is 226 g/mol. The first kappa shape index (κ1) is 10.8. The number of furan rings is 1. The molecule has 0 aliphatic rings. The molecule has 0 atom stereocenters. The predicted octanol–water partition coefficient (Wildman–Crippen LogP) is 3.49. The van der Waals surface area contributed by atoms with Crippen LogP contribution in [0.1, 0.15) is 16.1 Å². The average molecular weight is 236 g/mol. The lowest BCUT2D eigenvalue weighted by Crippen LogP contribution is -2.11. The van der Waals surface area contributed by atoms with Crippen LogP contribution in [0.4, 0.5) is 5.69 Å². The van der Waals surface area contributed by atoms with Gasteiger partial charge in [-0.25, -0.2) is 0 Å². The van der Waals surface area contributed by atoms with E-state index in [0.717, 1.165) is 5.56 Å². The van der Waals surface area contributed by atoms with Crippen molar-refractivity contribution in [2.24, 2.45) is 0 Å². The fourth-order valence-electron chi connectivity index (χ4n) is 1.36. The molecule has 2 aromatic rings. The molecular formula is C12H10ClNO2. The Balaban J connectivity index is 2.17. The molecule has 0 aliphatic carbocycles. The zero-order valence-corrected chi connectivity index (χ0v) is 9.41. The van der Waals surface area contributed by atoms with Crippen LogP contribution in [0.3, 0.4) is 0 Å². The minimum absolute atomic E-state index is 0.273. The highest BCUT2D eigenvalue weighted by atomic mass is 35.5. The highest BCUT2D eigenvalue weighted by Gasteiger charge is 2.12. The van der Waals surface area contributed by atoms with Gasteiger partial charge in [-0.3, -0.25) is 4.79 Å². The molecule has 82 valence electrons. The summed E-state index contributed by atoms with van der Waals surface area (Å²) in [4.78, 5) is 11.8. The largest absolute Gasteiger partial charge is 0.459 e. The Hall–Kier alpha value is -1.74. The molecule has 0 unspecified atom stereocenters. The van der Waals surface area contributed by atoms with Gasteiger partial charge < -0.3 is 9.73 Å². The number of carbonyl (C=O) groups excluding carboxylic acids is 1. The topological polar surface area (TPSA) is 42.2 Å². The molecule has 0 fully saturated rings. The summed E-state index contributed by atoms with van der Waals surface area (Å²) in [5.41, 5.74) is 1.45. The summed E-state index contributed by atoms with van der Waals surface area (Å²) in [6.45, 7) is 1.82. The molecule has 1 aromatic heterocycles. The lowest BCUT2D eigenvalue weighted by atomic mass is 10.2. The number of anilines is 1. The summed E-state index contributed by atoms with van der Waals surface area (Å²) in [5, 5.41) is 3.29. The molecule has 2 rings (SSSR count). The number of aryl methyl sites for hydroxylation is 1. The Labute approximate surface area is 98.0 Å². The smallest absolute Gasteiger partial charge is 0.291 e. The van der Waals surface area contributed by atoms with E-state index >= 15 is 0 Å². The van der Waals surface area contributed by atoms with Crippen LogP contribution in [0.25, 0.3) is 0 Å². The van der Waals surface area contributed by atoms with Gasteiger partial charge in [-0.15, -0.1) is 0 Å². The summed E-state index contributed by atoms with van der Waals surface area (Å²) in [7, 11) is 0. The van der Waals surface area contributed by atoms with Gasteiger partial charge in [0.2, 0.25) is 0 Å². The van der Waals surface area contributed by atoms with E-state index in [4.69, 9.17) is 16.0 Å². The van der Waals surface area contributed by atoms with Gasteiger partial charge in [-0.2, -0.15) is 0 Å². The number of amides is 1. The zero-order chi connectivity index (χ0) is 11.5. The van der Waals surface area contributed by atoms with Crippen molar-refractivity contribution in [3.8, 4) is 0 Å². The molecule has 4 heteroatoms. The molecule has 1 heterocycles. The van der Waals surface area contributed by atoms with E-state index in [2.05, 4.69) is 5.32 Å². The molecule has 0 saturated heterocycles. The van der Waals surface area contributed by atoms with E-state index < -0.39 is 0 Å². The normalized spacial score (nSPS) is 10.1. The van der Waals surface area contributed by atoms with Crippen LogP contribution in [0.15, 0.2) is 41.0 Å². The molecule has 0 aliphatic heterocycles. The van der Waals surface area contributed by atoms with Crippen molar-refractivity contribution in [2.45, 2.75) is 6.92 Å². The SMILES string of the molecule is Cc1ccoc1C(=O)Nc1cccc(Cl)c1. The molecule has 0 saturated carbocycles. The maximum Gasteiger partial charge on any atom is 0.291 e. The van der Waals surface area contributed by atoms with Gasteiger partial charge in [0.25, 0.3) is 5.91 Å². The van der Waals surface area contributed by atoms with Crippen molar-refractivity contribution in [1.29, 1.82) is 0 Å². The summed E-state index contributed by atoms with van der Waals surface area (Å²) in [6, 6.07) is 8.70. The molecule has 0 radical (unpaired) electrons. The fraction of sp³-hybridized carbons (Fsp3) is 0.0833. The van der Waals surface area contributed by atoms with Crippen molar-refractivity contribution in [3.63, 3.8) is 0 Å². The maximum atomic E-state index is 11.8. The number of nitrogens with one attached hydrogen (secondary N) is 1. The summed E-state index contributed by atoms with van der Waals surface area (Å²) < 4.78 is 5.08. The van der Waals surface area contributed by atoms with Crippen molar-refractivity contribution in [2.75, 3.05) is 5.32 Å². The lowest BCUT2D eigenvalue weighted by molar-refractivity contribution is 0.0996. The number of hydrogen-bond acceptors (Lipinski definition) is 2. The average Bonchev–Trinajstić information content (AvgIpc) is 2.64. The maximum absolute atomic E-state index is 11.8. The molecule has 1 amide bonds. The number of hydrogen-bond donors (Lipinski definition) is 1. The van der Waals surface area contributed by atoms with Gasteiger partial charge in [0.05, 0.1) is 6.26 Å². The van der Waals surface area contributed by atoms with Crippen LogP contribution in [-0.2, 0) is 0 Å². The van der Waals surface area contributed by atoms with Crippen LogP contribution in [0.2, 0.25) is 5.02 Å². The second-order valence-electron chi connectivity index (χ2n) is 3.40. The summed E-state index contributed by atoms with van der Waals surface area (Å²) >= 11 is 5.81. The minimum atomic E-state index is -0.273. The third kappa shape index (κ3) is 2.25. The van der Waals surface area contributed by atoms with Gasteiger partial charge in [-0.05, 0) is 31.2 Å². The van der Waals surface area contributed by atoms with Gasteiger partial charge in [0, 0.05) is 16.3 Å². The summed E-state index contributed by atoms with van der Waals surface area (Å²) in [6.07, 6.45) is 1.49. The van der Waals surface area contributed by atoms with Crippen LogP contribution in [0.5, 0.6) is 0 Å². The monoisotopic (exact) mass is 235 g/mol. The van der Waals surface area contributed by atoms with E-state index in [1.54, 1.807) is 30.3 Å². The number of rotatable bonds is 2. The third-order valence-corrected chi connectivity index (χ3v) is 2.39. The fourth-order valence-corrected chi connectivity index (χ4v) is 1.55. The van der Waals surface area contributed by atoms with Crippen LogP contribution in [0, 0.1) is 6.92 Å². The molecule has 0 bridgehead atoms. The zero-order valence-electron chi connectivity index (χ0n) is 8.66. The summed E-state index contributed by atoms with van der Waals surface area (Å²) in [5.74, 6) is 0.0461. The molecule has 3 nitrogen and oxygen atoms in total.